The first-order chi connectivity index (χ1) is 10.1. The van der Waals surface area contributed by atoms with E-state index in [4.69, 9.17) is 0 Å². The Kier molecular flexibility index (Phi) is 4.36. The zero-order valence-electron chi connectivity index (χ0n) is 13.8. The van der Waals surface area contributed by atoms with E-state index in [0.717, 1.165) is 25.4 Å². The van der Waals surface area contributed by atoms with Crippen molar-refractivity contribution in [1.29, 1.82) is 0 Å². The minimum Gasteiger partial charge on any atom is -0.338 e. The Bertz CT molecular complexity index is 465. The van der Waals surface area contributed by atoms with Gasteiger partial charge in [0, 0.05) is 57.1 Å². The maximum absolute atomic E-state index is 4.48. The Morgan fingerprint density at radius 3 is 2.86 bits per heavy atom. The standard InChI is InChI=1S/C17H30N4/c1-4-5-15-12-21(10-8-16-18-9-11-20(16)3)17(2,13-19-15)14-6-7-14/h9,11,14-15,19H,4-8,10,12-13H2,1-3H3. The van der Waals surface area contributed by atoms with Crippen LogP contribution < -0.4 is 5.32 Å². The zero-order chi connectivity index (χ0) is 14.9. The fourth-order valence-corrected chi connectivity index (χ4v) is 3.87. The molecular weight excluding hydrogens is 260 g/mol. The second kappa shape index (κ2) is 6.09. The lowest BCUT2D eigenvalue weighted by atomic mass is 9.88. The molecule has 1 saturated heterocycles. The molecule has 1 aromatic rings. The van der Waals surface area contributed by atoms with Crippen molar-refractivity contribution in [2.45, 2.75) is 57.5 Å². The summed E-state index contributed by atoms with van der Waals surface area (Å²) in [5, 5.41) is 3.80. The fraction of sp³-hybridized carbons (Fsp3) is 0.824. The maximum Gasteiger partial charge on any atom is 0.109 e. The first kappa shape index (κ1) is 15.0. The highest BCUT2D eigenvalue weighted by Gasteiger charge is 2.47. The van der Waals surface area contributed by atoms with Crippen LogP contribution in [0.5, 0.6) is 0 Å². The summed E-state index contributed by atoms with van der Waals surface area (Å²) < 4.78 is 2.15. The van der Waals surface area contributed by atoms with Gasteiger partial charge in [0.25, 0.3) is 0 Å². The monoisotopic (exact) mass is 290 g/mol. The van der Waals surface area contributed by atoms with E-state index in [0.29, 0.717) is 11.6 Å². The van der Waals surface area contributed by atoms with Crippen LogP contribution in [0.1, 0.15) is 45.4 Å². The molecule has 1 saturated carbocycles. The van der Waals surface area contributed by atoms with E-state index < -0.39 is 0 Å². The maximum atomic E-state index is 4.48. The quantitative estimate of drug-likeness (QED) is 0.872. The van der Waals surface area contributed by atoms with Crippen LogP contribution in [0.15, 0.2) is 12.4 Å². The summed E-state index contributed by atoms with van der Waals surface area (Å²) in [6, 6.07) is 0.670. The first-order valence-electron chi connectivity index (χ1n) is 8.58. The number of rotatable bonds is 6. The molecule has 3 rings (SSSR count). The molecule has 0 bridgehead atoms. The Morgan fingerprint density at radius 1 is 1.43 bits per heavy atom. The predicted molar refractivity (Wildman–Crippen MR) is 86.3 cm³/mol. The number of piperazine rings is 1. The van der Waals surface area contributed by atoms with Crippen LogP contribution in [-0.4, -0.2) is 45.7 Å². The summed E-state index contributed by atoms with van der Waals surface area (Å²) in [5.74, 6) is 2.10. The number of hydrogen-bond donors (Lipinski definition) is 1. The van der Waals surface area contributed by atoms with E-state index >= 15 is 0 Å². The Balaban J connectivity index is 1.66. The highest BCUT2D eigenvalue weighted by molar-refractivity contribution is 5.05. The number of hydrogen-bond acceptors (Lipinski definition) is 3. The molecule has 1 aromatic heterocycles. The third-order valence-electron chi connectivity index (χ3n) is 5.53. The SMILES string of the molecule is CCCC1CN(CCc2nccn2C)C(C)(C2CC2)CN1. The summed E-state index contributed by atoms with van der Waals surface area (Å²) in [6.07, 6.45) is 10.4. The van der Waals surface area contributed by atoms with Gasteiger partial charge in [-0.3, -0.25) is 4.90 Å². The Hall–Kier alpha value is -0.870. The smallest absolute Gasteiger partial charge is 0.109 e. The number of nitrogens with one attached hydrogen (secondary N) is 1. The van der Waals surface area contributed by atoms with E-state index in [9.17, 15) is 0 Å². The van der Waals surface area contributed by atoms with Gasteiger partial charge in [-0.05, 0) is 32.1 Å². The summed E-state index contributed by atoms with van der Waals surface area (Å²) in [5.41, 5.74) is 0.357. The molecule has 2 unspecified atom stereocenters. The van der Waals surface area contributed by atoms with Crippen LogP contribution >= 0.6 is 0 Å². The summed E-state index contributed by atoms with van der Waals surface area (Å²) >= 11 is 0. The molecule has 2 atom stereocenters. The molecule has 1 N–H and O–H groups in total. The van der Waals surface area contributed by atoms with E-state index in [1.165, 1.54) is 38.1 Å². The van der Waals surface area contributed by atoms with Crippen molar-refractivity contribution in [2.75, 3.05) is 19.6 Å². The van der Waals surface area contributed by atoms with Crippen molar-refractivity contribution in [3.63, 3.8) is 0 Å². The van der Waals surface area contributed by atoms with Gasteiger partial charge >= 0.3 is 0 Å². The predicted octanol–water partition coefficient (Wildman–Crippen LogP) is 2.21. The molecule has 0 aromatic carbocycles. The molecule has 2 aliphatic rings. The molecule has 0 spiro atoms. The van der Waals surface area contributed by atoms with Crippen LogP contribution in [0.3, 0.4) is 0 Å². The van der Waals surface area contributed by atoms with Gasteiger partial charge in [0.2, 0.25) is 0 Å². The van der Waals surface area contributed by atoms with E-state index in [1.807, 2.05) is 12.4 Å². The van der Waals surface area contributed by atoms with Crippen molar-refractivity contribution in [3.8, 4) is 0 Å². The van der Waals surface area contributed by atoms with Gasteiger partial charge in [-0.2, -0.15) is 0 Å². The van der Waals surface area contributed by atoms with Crippen molar-refractivity contribution >= 4 is 0 Å². The molecule has 2 heterocycles. The van der Waals surface area contributed by atoms with Crippen molar-refractivity contribution in [2.24, 2.45) is 13.0 Å². The number of nitrogens with zero attached hydrogens (tertiary/aromatic N) is 3. The van der Waals surface area contributed by atoms with Gasteiger partial charge in [-0.25, -0.2) is 4.98 Å². The lowest BCUT2D eigenvalue weighted by Crippen LogP contribution is -2.64. The van der Waals surface area contributed by atoms with Crippen molar-refractivity contribution in [1.82, 2.24) is 19.8 Å². The van der Waals surface area contributed by atoms with Crippen LogP contribution in [-0.2, 0) is 13.5 Å². The Morgan fingerprint density at radius 2 is 2.24 bits per heavy atom. The number of aryl methyl sites for hydroxylation is 1. The summed E-state index contributed by atoms with van der Waals surface area (Å²) in [6.45, 7) is 8.25. The lowest BCUT2D eigenvalue weighted by molar-refractivity contribution is 0.0336. The van der Waals surface area contributed by atoms with Gasteiger partial charge in [-0.1, -0.05) is 13.3 Å². The second-order valence-electron chi connectivity index (χ2n) is 7.15. The van der Waals surface area contributed by atoms with E-state index in [1.54, 1.807) is 0 Å². The normalized spacial score (nSPS) is 30.7. The van der Waals surface area contributed by atoms with Crippen LogP contribution in [0.25, 0.3) is 0 Å². The minimum atomic E-state index is 0.357. The fourth-order valence-electron chi connectivity index (χ4n) is 3.87. The summed E-state index contributed by atoms with van der Waals surface area (Å²) in [7, 11) is 2.10. The minimum absolute atomic E-state index is 0.357. The molecule has 1 aliphatic heterocycles. The van der Waals surface area contributed by atoms with Gasteiger partial charge in [0.05, 0.1) is 0 Å². The number of imidazole rings is 1. The summed E-state index contributed by atoms with van der Waals surface area (Å²) in [4.78, 5) is 7.24. The topological polar surface area (TPSA) is 33.1 Å². The molecule has 4 nitrogen and oxygen atoms in total. The Labute approximate surface area is 128 Å². The highest BCUT2D eigenvalue weighted by atomic mass is 15.3. The first-order valence-corrected chi connectivity index (χ1v) is 8.58. The van der Waals surface area contributed by atoms with Gasteiger partial charge in [0.1, 0.15) is 5.82 Å². The molecular formula is C17H30N4. The van der Waals surface area contributed by atoms with Crippen molar-refractivity contribution < 1.29 is 0 Å². The molecule has 1 aliphatic carbocycles. The molecule has 4 heteroatoms. The van der Waals surface area contributed by atoms with E-state index in [-0.39, 0.29) is 0 Å². The van der Waals surface area contributed by atoms with E-state index in [2.05, 4.69) is 40.7 Å². The van der Waals surface area contributed by atoms with Crippen LogP contribution in [0.4, 0.5) is 0 Å². The molecule has 21 heavy (non-hydrogen) atoms. The van der Waals surface area contributed by atoms with Crippen LogP contribution in [0.2, 0.25) is 0 Å². The molecule has 0 amide bonds. The van der Waals surface area contributed by atoms with Gasteiger partial charge in [-0.15, -0.1) is 0 Å². The third kappa shape index (κ3) is 3.16. The molecule has 0 radical (unpaired) electrons. The zero-order valence-corrected chi connectivity index (χ0v) is 13.8. The third-order valence-corrected chi connectivity index (χ3v) is 5.53. The second-order valence-corrected chi connectivity index (χ2v) is 7.15. The molecule has 118 valence electrons. The molecule has 2 fully saturated rings. The van der Waals surface area contributed by atoms with Gasteiger partial charge < -0.3 is 9.88 Å². The largest absolute Gasteiger partial charge is 0.338 e. The number of aromatic nitrogens is 2. The van der Waals surface area contributed by atoms with Crippen molar-refractivity contribution in [3.05, 3.63) is 18.2 Å². The van der Waals surface area contributed by atoms with Gasteiger partial charge in [0.15, 0.2) is 0 Å². The van der Waals surface area contributed by atoms with Crippen LogP contribution in [0, 0.1) is 5.92 Å². The lowest BCUT2D eigenvalue weighted by Gasteiger charge is -2.49. The average Bonchev–Trinajstić information content (AvgIpc) is 3.25. The highest BCUT2D eigenvalue weighted by Crippen LogP contribution is 2.44. The average molecular weight is 290 g/mol.